The Kier molecular flexibility index (Phi) is 2.90. The molecule has 1 N–H and O–H groups in total. The molecule has 1 saturated heterocycles. The van der Waals surface area contributed by atoms with Gasteiger partial charge < -0.3 is 5.11 Å². The Morgan fingerprint density at radius 3 is 2.36 bits per heavy atom. The molecule has 0 spiro atoms. The molecule has 1 rings (SSSR count). The van der Waals surface area contributed by atoms with Gasteiger partial charge in [-0.1, -0.05) is 13.8 Å². The number of carboxylic acids is 1. The van der Waals surface area contributed by atoms with Gasteiger partial charge in [0.25, 0.3) is 0 Å². The first-order valence-electron chi connectivity index (χ1n) is 4.71. The maximum absolute atomic E-state index is 11.3. The summed E-state index contributed by atoms with van der Waals surface area (Å²) < 4.78 is 22.5. The molecule has 0 aromatic carbocycles. The lowest BCUT2D eigenvalue weighted by Gasteiger charge is -2.24. The van der Waals surface area contributed by atoms with E-state index >= 15 is 0 Å². The van der Waals surface area contributed by atoms with Gasteiger partial charge in [-0.25, -0.2) is 8.42 Å². The number of rotatable bonds is 3. The summed E-state index contributed by atoms with van der Waals surface area (Å²) in [4.78, 5) is 11.1. The molecule has 14 heavy (non-hydrogen) atoms. The van der Waals surface area contributed by atoms with Crippen LogP contribution in [-0.2, 0) is 14.6 Å². The lowest BCUT2D eigenvalue weighted by Crippen LogP contribution is -2.33. The minimum atomic E-state index is -3.13. The van der Waals surface area contributed by atoms with Crippen LogP contribution in [0.1, 0.15) is 26.7 Å². The summed E-state index contributed by atoms with van der Waals surface area (Å²) in [7, 11) is -3.13. The molecule has 1 aliphatic heterocycles. The van der Waals surface area contributed by atoms with Gasteiger partial charge in [0, 0.05) is 0 Å². The van der Waals surface area contributed by atoms with E-state index in [1.807, 2.05) is 13.8 Å². The predicted octanol–water partition coefficient (Wildman–Crippen LogP) is 0.922. The van der Waals surface area contributed by atoms with E-state index in [-0.39, 0.29) is 23.8 Å². The van der Waals surface area contributed by atoms with Gasteiger partial charge in [0.15, 0.2) is 9.84 Å². The van der Waals surface area contributed by atoms with Gasteiger partial charge in [-0.3, -0.25) is 4.79 Å². The van der Waals surface area contributed by atoms with Crippen molar-refractivity contribution in [3.05, 3.63) is 0 Å². The zero-order valence-electron chi connectivity index (χ0n) is 8.49. The summed E-state index contributed by atoms with van der Waals surface area (Å²) in [6, 6.07) is 0. The monoisotopic (exact) mass is 220 g/mol. The summed E-state index contributed by atoms with van der Waals surface area (Å²) >= 11 is 0. The molecule has 0 saturated carbocycles. The molecular weight excluding hydrogens is 204 g/mol. The predicted molar refractivity (Wildman–Crippen MR) is 52.8 cm³/mol. The first kappa shape index (κ1) is 11.5. The second-order valence-corrected chi connectivity index (χ2v) is 6.71. The maximum Gasteiger partial charge on any atom is 0.310 e. The summed E-state index contributed by atoms with van der Waals surface area (Å²) in [6.45, 7) is 3.82. The van der Waals surface area contributed by atoms with Crippen molar-refractivity contribution in [1.82, 2.24) is 0 Å². The van der Waals surface area contributed by atoms with Gasteiger partial charge in [0.1, 0.15) is 0 Å². The van der Waals surface area contributed by atoms with Crippen LogP contribution in [0.2, 0.25) is 0 Å². The molecule has 0 aromatic heterocycles. The third kappa shape index (κ3) is 2.26. The van der Waals surface area contributed by atoms with Crippen LogP contribution in [0.15, 0.2) is 0 Å². The minimum absolute atomic E-state index is 0.0199. The summed E-state index contributed by atoms with van der Waals surface area (Å²) in [5.74, 6) is -0.925. The van der Waals surface area contributed by atoms with Crippen molar-refractivity contribution in [2.75, 3.05) is 11.5 Å². The van der Waals surface area contributed by atoms with Crippen LogP contribution >= 0.6 is 0 Å². The number of hydrogen-bond acceptors (Lipinski definition) is 3. The van der Waals surface area contributed by atoms with Crippen LogP contribution in [0, 0.1) is 11.3 Å². The molecule has 0 aromatic rings. The van der Waals surface area contributed by atoms with Crippen LogP contribution in [0.4, 0.5) is 0 Å². The summed E-state index contributed by atoms with van der Waals surface area (Å²) in [5, 5.41) is 9.08. The molecule has 0 radical (unpaired) electrons. The molecule has 82 valence electrons. The minimum Gasteiger partial charge on any atom is -0.481 e. The molecular formula is C9H16O4S. The fourth-order valence-electron chi connectivity index (χ4n) is 2.11. The number of carbonyl (C=O) groups is 1. The van der Waals surface area contributed by atoms with E-state index in [4.69, 9.17) is 5.11 Å². The van der Waals surface area contributed by atoms with Crippen molar-refractivity contribution in [1.29, 1.82) is 0 Å². The quantitative estimate of drug-likeness (QED) is 0.767. The lowest BCUT2D eigenvalue weighted by molar-refractivity contribution is -0.148. The molecule has 1 aliphatic rings. The van der Waals surface area contributed by atoms with Crippen LogP contribution in [0.5, 0.6) is 0 Å². The molecule has 0 bridgehead atoms. The first-order valence-corrected chi connectivity index (χ1v) is 6.53. The molecule has 1 atom stereocenters. The molecule has 1 heterocycles. The lowest BCUT2D eigenvalue weighted by atomic mass is 9.80. The highest BCUT2D eigenvalue weighted by Gasteiger charge is 2.48. The number of carboxylic acid groups (broad SMARTS) is 1. The average Bonchev–Trinajstić information content (AvgIpc) is 2.26. The zero-order valence-corrected chi connectivity index (χ0v) is 9.30. The van der Waals surface area contributed by atoms with E-state index in [0.29, 0.717) is 6.42 Å². The summed E-state index contributed by atoms with van der Waals surface area (Å²) in [5.41, 5.74) is -1.02. The van der Waals surface area contributed by atoms with Gasteiger partial charge in [-0.2, -0.15) is 0 Å². The zero-order chi connectivity index (χ0) is 11.0. The second kappa shape index (κ2) is 3.53. The summed E-state index contributed by atoms with van der Waals surface area (Å²) in [6.07, 6.45) is 0.713. The number of aliphatic carboxylic acids is 1. The fourth-order valence-corrected chi connectivity index (χ4v) is 4.19. The molecule has 1 fully saturated rings. The van der Waals surface area contributed by atoms with E-state index in [0.717, 1.165) is 0 Å². The van der Waals surface area contributed by atoms with E-state index in [1.165, 1.54) is 0 Å². The van der Waals surface area contributed by atoms with E-state index in [9.17, 15) is 13.2 Å². The van der Waals surface area contributed by atoms with Crippen molar-refractivity contribution in [2.24, 2.45) is 11.3 Å². The normalized spacial score (nSPS) is 30.8. The van der Waals surface area contributed by atoms with Gasteiger partial charge in [-0.15, -0.1) is 0 Å². The smallest absolute Gasteiger partial charge is 0.310 e. The molecule has 5 heteroatoms. The van der Waals surface area contributed by atoms with Crippen molar-refractivity contribution in [2.45, 2.75) is 26.7 Å². The highest BCUT2D eigenvalue weighted by Crippen LogP contribution is 2.38. The highest BCUT2D eigenvalue weighted by molar-refractivity contribution is 7.91. The van der Waals surface area contributed by atoms with E-state index < -0.39 is 21.2 Å². The van der Waals surface area contributed by atoms with Crippen molar-refractivity contribution < 1.29 is 18.3 Å². The third-order valence-corrected chi connectivity index (χ3v) is 4.46. The standard InChI is InChI=1S/C9H16O4S/c1-7(2)5-9(8(10)11)3-4-14(12,13)6-9/h7H,3-6H2,1-2H3,(H,10,11). The van der Waals surface area contributed by atoms with Crippen LogP contribution < -0.4 is 0 Å². The molecule has 1 unspecified atom stereocenters. The number of hydrogen-bond donors (Lipinski definition) is 1. The molecule has 0 aliphatic carbocycles. The highest BCUT2D eigenvalue weighted by atomic mass is 32.2. The Labute approximate surface area is 84.2 Å². The fraction of sp³-hybridized carbons (Fsp3) is 0.889. The average molecular weight is 220 g/mol. The topological polar surface area (TPSA) is 71.4 Å². The number of sulfone groups is 1. The third-order valence-electron chi connectivity index (χ3n) is 2.64. The second-order valence-electron chi connectivity index (χ2n) is 4.53. The SMILES string of the molecule is CC(C)CC1(C(=O)O)CCS(=O)(=O)C1. The van der Waals surface area contributed by atoms with Gasteiger partial charge in [0.2, 0.25) is 0 Å². The Morgan fingerprint density at radius 1 is 1.50 bits per heavy atom. The first-order chi connectivity index (χ1) is 6.27. The molecule has 0 amide bonds. The van der Waals surface area contributed by atoms with Gasteiger partial charge >= 0.3 is 5.97 Å². The van der Waals surface area contributed by atoms with Gasteiger partial charge in [-0.05, 0) is 18.8 Å². The Morgan fingerprint density at radius 2 is 2.07 bits per heavy atom. The van der Waals surface area contributed by atoms with E-state index in [2.05, 4.69) is 0 Å². The van der Waals surface area contributed by atoms with Crippen LogP contribution in [-0.4, -0.2) is 31.0 Å². The van der Waals surface area contributed by atoms with Crippen LogP contribution in [0.3, 0.4) is 0 Å². The Hall–Kier alpha value is -0.580. The maximum atomic E-state index is 11.3. The van der Waals surface area contributed by atoms with Crippen molar-refractivity contribution in [3.8, 4) is 0 Å². The Balaban J connectivity index is 2.92. The molecule has 4 nitrogen and oxygen atoms in total. The largest absolute Gasteiger partial charge is 0.481 e. The van der Waals surface area contributed by atoms with Crippen molar-refractivity contribution in [3.63, 3.8) is 0 Å². The van der Waals surface area contributed by atoms with Crippen molar-refractivity contribution >= 4 is 15.8 Å². The van der Waals surface area contributed by atoms with E-state index in [1.54, 1.807) is 0 Å². The Bertz CT molecular complexity index is 331. The van der Waals surface area contributed by atoms with Crippen LogP contribution in [0.25, 0.3) is 0 Å². The van der Waals surface area contributed by atoms with Gasteiger partial charge in [0.05, 0.1) is 16.9 Å².